The number of aromatic nitrogens is 1. The van der Waals surface area contributed by atoms with Gasteiger partial charge in [-0.05, 0) is 71.8 Å². The van der Waals surface area contributed by atoms with E-state index in [4.69, 9.17) is 4.74 Å². The number of benzene rings is 3. The molecule has 3 N–H and O–H groups in total. The van der Waals surface area contributed by atoms with Crippen LogP contribution in [0, 0.1) is 0 Å². The first-order valence-corrected chi connectivity index (χ1v) is 13.9. The molecule has 1 heterocycles. The van der Waals surface area contributed by atoms with Gasteiger partial charge in [0.25, 0.3) is 10.1 Å². The molecule has 0 saturated carbocycles. The first kappa shape index (κ1) is 28.5. The summed E-state index contributed by atoms with van der Waals surface area (Å²) in [7, 11) is -3.28. The number of unbranched alkanes of at least 4 members (excludes halogenated alkanes) is 1. The Morgan fingerprint density at radius 3 is 1.62 bits per heavy atom. The number of hydrogen-bond donors (Lipinski definition) is 3. The van der Waals surface area contributed by atoms with Crippen LogP contribution in [0.5, 0.6) is 5.75 Å². The minimum Gasteiger partial charge on any atom is -0.495 e. The third-order valence-electron chi connectivity index (χ3n) is 6.53. The highest BCUT2D eigenvalue weighted by atomic mass is 32.2. The van der Waals surface area contributed by atoms with Crippen LogP contribution >= 0.6 is 0 Å². The first-order valence-electron chi connectivity index (χ1n) is 12.4. The number of pyridine rings is 1. The number of ether oxygens (including phenoxy) is 1. The summed E-state index contributed by atoms with van der Waals surface area (Å²) in [6, 6.07) is 21.1. The minimum atomic E-state index is -4.59. The summed E-state index contributed by atoms with van der Waals surface area (Å²) >= 11 is 0. The second-order valence-corrected chi connectivity index (χ2v) is 10.5. The highest BCUT2D eigenvalue weighted by Gasteiger charge is 2.24. The summed E-state index contributed by atoms with van der Waals surface area (Å²) in [5.74, 6) is -2.10. The lowest BCUT2D eigenvalue weighted by molar-refractivity contribution is -0.675. The van der Waals surface area contributed by atoms with Crippen LogP contribution in [0.1, 0.15) is 40.5 Å². The van der Waals surface area contributed by atoms with Gasteiger partial charge in [0, 0.05) is 29.7 Å². The maximum atomic E-state index is 12.1. The lowest BCUT2D eigenvalue weighted by atomic mass is 9.97. The molecule has 0 aliphatic heterocycles. The maximum Gasteiger partial charge on any atom is 0.335 e. The van der Waals surface area contributed by atoms with Crippen molar-refractivity contribution >= 4 is 22.1 Å². The number of aromatic carboxylic acids is 2. The number of carboxylic acid groups (broad SMARTS) is 2. The lowest BCUT2D eigenvalue weighted by Gasteiger charge is -2.14. The smallest absolute Gasteiger partial charge is 0.335 e. The van der Waals surface area contributed by atoms with Gasteiger partial charge in [0.1, 0.15) is 17.2 Å². The predicted octanol–water partition coefficient (Wildman–Crippen LogP) is 5.43. The molecule has 0 spiro atoms. The zero-order valence-corrected chi connectivity index (χ0v) is 22.7. The zero-order valence-electron chi connectivity index (χ0n) is 21.9. The Balaban J connectivity index is 2.03. The Labute approximate surface area is 231 Å². The van der Waals surface area contributed by atoms with E-state index >= 15 is 0 Å². The Hall–Kier alpha value is -4.54. The highest BCUT2D eigenvalue weighted by Crippen LogP contribution is 2.34. The van der Waals surface area contributed by atoms with Crippen LogP contribution < -0.4 is 9.30 Å². The highest BCUT2D eigenvalue weighted by molar-refractivity contribution is 7.86. The van der Waals surface area contributed by atoms with E-state index in [-0.39, 0.29) is 21.8 Å². The molecule has 4 rings (SSSR count). The standard InChI is InChI=1S/C30H27NO8S/c1-3-4-15-31-25(19-5-9-21(10-6-19)29(32)33)16-24(17-26(31)20-7-11-22(12-8-20)30(34)35)23-13-14-27(39-2)28(18-23)40(36,37)38/h5-14,16-18H,3-4,15H2,1-2H3,(H2-,32,33,34,35,36,37,38)/p+1. The normalized spacial score (nSPS) is 11.3. The van der Waals surface area contributed by atoms with Crippen LogP contribution in [0.2, 0.25) is 0 Å². The van der Waals surface area contributed by atoms with Gasteiger partial charge in [-0.25, -0.2) is 9.59 Å². The second kappa shape index (κ2) is 11.7. The molecule has 40 heavy (non-hydrogen) atoms. The molecule has 0 aliphatic carbocycles. The van der Waals surface area contributed by atoms with E-state index in [9.17, 15) is 32.8 Å². The van der Waals surface area contributed by atoms with Crippen LogP contribution in [-0.4, -0.2) is 42.2 Å². The van der Waals surface area contributed by atoms with Crippen LogP contribution in [0.25, 0.3) is 33.6 Å². The summed E-state index contributed by atoms with van der Waals surface area (Å²) in [5.41, 5.74) is 4.33. The Kier molecular flexibility index (Phi) is 8.32. The lowest BCUT2D eigenvalue weighted by Crippen LogP contribution is -2.39. The largest absolute Gasteiger partial charge is 0.495 e. The molecule has 4 aromatic rings. The van der Waals surface area contributed by atoms with Crippen molar-refractivity contribution in [1.82, 2.24) is 0 Å². The summed E-state index contributed by atoms with van der Waals surface area (Å²) in [6.45, 7) is 2.67. The summed E-state index contributed by atoms with van der Waals surface area (Å²) in [5, 5.41) is 18.7. The molecule has 0 unspecified atom stereocenters. The number of hydrogen-bond acceptors (Lipinski definition) is 5. The van der Waals surface area contributed by atoms with Gasteiger partial charge in [0.05, 0.1) is 18.2 Å². The molecule has 0 radical (unpaired) electrons. The second-order valence-electron chi connectivity index (χ2n) is 9.13. The van der Waals surface area contributed by atoms with Crippen molar-refractivity contribution < 1.29 is 42.1 Å². The quantitative estimate of drug-likeness (QED) is 0.172. The van der Waals surface area contributed by atoms with E-state index in [1.807, 2.05) is 12.1 Å². The fourth-order valence-corrected chi connectivity index (χ4v) is 5.13. The third-order valence-corrected chi connectivity index (χ3v) is 7.41. The third kappa shape index (κ3) is 6.03. The number of nitrogens with zero attached hydrogens (tertiary/aromatic N) is 1. The average molecular weight is 563 g/mol. The van der Waals surface area contributed by atoms with Crippen molar-refractivity contribution in [1.29, 1.82) is 0 Å². The van der Waals surface area contributed by atoms with Gasteiger partial charge in [-0.2, -0.15) is 13.0 Å². The van der Waals surface area contributed by atoms with Crippen LogP contribution in [0.3, 0.4) is 0 Å². The molecule has 9 nitrogen and oxygen atoms in total. The summed E-state index contributed by atoms with van der Waals surface area (Å²) in [4.78, 5) is 22.5. The molecule has 0 saturated heterocycles. The Morgan fingerprint density at radius 2 is 1.23 bits per heavy atom. The Morgan fingerprint density at radius 1 is 0.750 bits per heavy atom. The number of carboxylic acids is 2. The molecule has 0 atom stereocenters. The summed E-state index contributed by atoms with van der Waals surface area (Å²) in [6.07, 6.45) is 1.74. The van der Waals surface area contributed by atoms with Gasteiger partial charge in [-0.15, -0.1) is 0 Å². The van der Waals surface area contributed by atoms with Crippen molar-refractivity contribution in [3.8, 4) is 39.4 Å². The molecular formula is C30H28NO8S+. The van der Waals surface area contributed by atoms with E-state index in [0.29, 0.717) is 17.7 Å². The first-order chi connectivity index (χ1) is 19.0. The fourth-order valence-electron chi connectivity index (χ4n) is 4.45. The van der Waals surface area contributed by atoms with Crippen LogP contribution in [0.4, 0.5) is 0 Å². The van der Waals surface area contributed by atoms with E-state index in [1.165, 1.54) is 43.5 Å². The molecule has 0 fully saturated rings. The summed E-state index contributed by atoms with van der Waals surface area (Å²) < 4.78 is 41.2. The van der Waals surface area contributed by atoms with Crippen molar-refractivity contribution in [3.05, 3.63) is 90.0 Å². The van der Waals surface area contributed by atoms with Crippen LogP contribution in [-0.2, 0) is 16.7 Å². The monoisotopic (exact) mass is 562 g/mol. The van der Waals surface area contributed by atoms with E-state index in [0.717, 1.165) is 35.4 Å². The molecule has 0 aliphatic rings. The van der Waals surface area contributed by atoms with E-state index < -0.39 is 22.1 Å². The van der Waals surface area contributed by atoms with Crippen molar-refractivity contribution in [2.24, 2.45) is 0 Å². The molecule has 206 valence electrons. The van der Waals surface area contributed by atoms with E-state index in [1.54, 1.807) is 30.3 Å². The van der Waals surface area contributed by atoms with Gasteiger partial charge in [0.2, 0.25) is 11.4 Å². The number of rotatable bonds is 10. The molecule has 3 aromatic carbocycles. The van der Waals surface area contributed by atoms with E-state index in [2.05, 4.69) is 11.5 Å². The predicted molar refractivity (Wildman–Crippen MR) is 148 cm³/mol. The molecule has 1 aromatic heterocycles. The van der Waals surface area contributed by atoms with Crippen molar-refractivity contribution in [2.75, 3.05) is 7.11 Å². The van der Waals surface area contributed by atoms with Gasteiger partial charge in [-0.3, -0.25) is 4.55 Å². The molecule has 0 amide bonds. The van der Waals surface area contributed by atoms with Crippen LogP contribution in [0.15, 0.2) is 83.8 Å². The minimum absolute atomic E-state index is 0.00541. The van der Waals surface area contributed by atoms with Crippen molar-refractivity contribution in [2.45, 2.75) is 31.2 Å². The fraction of sp³-hybridized carbons (Fsp3) is 0.167. The molecule has 0 bridgehead atoms. The molecule has 10 heteroatoms. The van der Waals surface area contributed by atoms with Crippen molar-refractivity contribution in [3.63, 3.8) is 0 Å². The average Bonchev–Trinajstić information content (AvgIpc) is 2.95. The molecular weight excluding hydrogens is 534 g/mol. The van der Waals surface area contributed by atoms with Gasteiger partial charge in [0.15, 0.2) is 0 Å². The number of methoxy groups -OCH3 is 1. The topological polar surface area (TPSA) is 142 Å². The van der Waals surface area contributed by atoms with Gasteiger partial charge in [-0.1, -0.05) is 19.4 Å². The van der Waals surface area contributed by atoms with Gasteiger partial charge < -0.3 is 14.9 Å². The maximum absolute atomic E-state index is 12.1. The number of carbonyl (C=O) groups is 2. The van der Waals surface area contributed by atoms with Gasteiger partial charge >= 0.3 is 11.9 Å². The SMILES string of the molecule is CCCC[n+]1c(-c2ccc(C(=O)O)cc2)cc(-c2ccc(OC)c(S(=O)(=O)O)c2)cc1-c1ccc(C(=O)O)cc1. The zero-order chi connectivity index (χ0) is 29.0. The Bertz CT molecular complexity index is 1600.